The number of benzene rings is 3. The van der Waals surface area contributed by atoms with E-state index in [9.17, 15) is 9.59 Å². The first-order valence-electron chi connectivity index (χ1n) is 8.28. The van der Waals surface area contributed by atoms with Crippen LogP contribution in [-0.4, -0.2) is 18.3 Å². The number of nitrogens with one attached hydrogen (secondary N) is 1. The molecule has 3 aromatic rings. The van der Waals surface area contributed by atoms with E-state index in [0.29, 0.717) is 28.1 Å². The molecular formula is C22H16N2O3. The van der Waals surface area contributed by atoms with Crippen LogP contribution >= 0.6 is 0 Å². The Bertz CT molecular complexity index is 973. The van der Waals surface area contributed by atoms with Gasteiger partial charge in [-0.2, -0.15) is 5.26 Å². The fraction of sp³-hybridized carbons (Fsp3) is 0.0455. The summed E-state index contributed by atoms with van der Waals surface area (Å²) in [5, 5.41) is 11.4. The predicted octanol–water partition coefficient (Wildman–Crippen LogP) is 3.81. The number of hydrogen-bond acceptors (Lipinski definition) is 4. The van der Waals surface area contributed by atoms with Crippen molar-refractivity contribution in [3.63, 3.8) is 0 Å². The molecule has 0 unspecified atom stereocenters. The van der Waals surface area contributed by atoms with Crippen molar-refractivity contribution in [1.82, 2.24) is 0 Å². The second-order valence-electron chi connectivity index (χ2n) is 5.75. The SMILES string of the molecule is N#Cc1ccc(NC(=O)COc2ccc(C(=O)c3ccccc3)cc2)cc1. The van der Waals surface area contributed by atoms with Crippen molar-refractivity contribution < 1.29 is 14.3 Å². The molecule has 0 aliphatic rings. The van der Waals surface area contributed by atoms with E-state index in [1.165, 1.54) is 0 Å². The van der Waals surface area contributed by atoms with Crippen molar-refractivity contribution >= 4 is 17.4 Å². The van der Waals surface area contributed by atoms with E-state index in [0.717, 1.165) is 0 Å². The van der Waals surface area contributed by atoms with Gasteiger partial charge in [-0.25, -0.2) is 0 Å². The first-order valence-corrected chi connectivity index (χ1v) is 8.28. The average Bonchev–Trinajstić information content (AvgIpc) is 2.73. The zero-order valence-corrected chi connectivity index (χ0v) is 14.4. The van der Waals surface area contributed by atoms with Gasteiger partial charge in [0.05, 0.1) is 11.6 Å². The van der Waals surface area contributed by atoms with Gasteiger partial charge in [0.1, 0.15) is 5.75 Å². The molecule has 0 aliphatic heterocycles. The van der Waals surface area contributed by atoms with Crippen LogP contribution in [0.1, 0.15) is 21.5 Å². The van der Waals surface area contributed by atoms with Crippen LogP contribution in [0.5, 0.6) is 5.75 Å². The smallest absolute Gasteiger partial charge is 0.262 e. The molecule has 0 spiro atoms. The normalized spacial score (nSPS) is 9.89. The number of carbonyl (C=O) groups excluding carboxylic acids is 2. The molecule has 0 bridgehead atoms. The van der Waals surface area contributed by atoms with Gasteiger partial charge < -0.3 is 10.1 Å². The Balaban J connectivity index is 1.54. The molecule has 1 N–H and O–H groups in total. The maximum absolute atomic E-state index is 12.3. The van der Waals surface area contributed by atoms with Gasteiger partial charge in [-0.15, -0.1) is 0 Å². The highest BCUT2D eigenvalue weighted by Crippen LogP contribution is 2.16. The summed E-state index contributed by atoms with van der Waals surface area (Å²) in [6.45, 7) is -0.161. The lowest BCUT2D eigenvalue weighted by molar-refractivity contribution is -0.118. The predicted molar refractivity (Wildman–Crippen MR) is 102 cm³/mol. The van der Waals surface area contributed by atoms with Crippen LogP contribution in [0.15, 0.2) is 78.9 Å². The van der Waals surface area contributed by atoms with Crippen molar-refractivity contribution in [3.05, 3.63) is 95.6 Å². The zero-order chi connectivity index (χ0) is 19.1. The molecule has 132 valence electrons. The van der Waals surface area contributed by atoms with Crippen molar-refractivity contribution in [2.45, 2.75) is 0 Å². The summed E-state index contributed by atoms with van der Waals surface area (Å²) in [5.74, 6) is 0.111. The van der Waals surface area contributed by atoms with Crippen molar-refractivity contribution in [2.75, 3.05) is 11.9 Å². The maximum atomic E-state index is 12.3. The fourth-order valence-corrected chi connectivity index (χ4v) is 2.43. The monoisotopic (exact) mass is 356 g/mol. The topological polar surface area (TPSA) is 79.2 Å². The number of ketones is 1. The van der Waals surface area contributed by atoms with Gasteiger partial charge in [0.25, 0.3) is 5.91 Å². The lowest BCUT2D eigenvalue weighted by Crippen LogP contribution is -2.20. The molecule has 0 saturated heterocycles. The summed E-state index contributed by atoms with van der Waals surface area (Å²) >= 11 is 0. The highest BCUT2D eigenvalue weighted by Gasteiger charge is 2.09. The number of hydrogen-bond donors (Lipinski definition) is 1. The minimum absolute atomic E-state index is 0.0688. The number of ether oxygens (including phenoxy) is 1. The third kappa shape index (κ3) is 4.80. The Morgan fingerprint density at radius 3 is 2.11 bits per heavy atom. The number of amides is 1. The minimum Gasteiger partial charge on any atom is -0.484 e. The Labute approximate surface area is 156 Å². The number of carbonyl (C=O) groups is 2. The van der Waals surface area contributed by atoms with Gasteiger partial charge >= 0.3 is 0 Å². The molecule has 0 atom stereocenters. The molecule has 27 heavy (non-hydrogen) atoms. The summed E-state index contributed by atoms with van der Waals surface area (Å²) in [5.41, 5.74) is 2.28. The Kier molecular flexibility index (Phi) is 5.60. The van der Waals surface area contributed by atoms with E-state index in [1.54, 1.807) is 60.7 Å². The molecular weight excluding hydrogens is 340 g/mol. The molecule has 0 radical (unpaired) electrons. The molecule has 0 saturated carbocycles. The minimum atomic E-state index is -0.316. The molecule has 0 aliphatic carbocycles. The summed E-state index contributed by atoms with van der Waals surface area (Å²) in [7, 11) is 0. The van der Waals surface area contributed by atoms with Crippen LogP contribution < -0.4 is 10.1 Å². The van der Waals surface area contributed by atoms with Gasteiger partial charge in [-0.05, 0) is 48.5 Å². The number of nitrogens with zero attached hydrogens (tertiary/aromatic N) is 1. The number of anilines is 1. The molecule has 5 nitrogen and oxygen atoms in total. The van der Waals surface area contributed by atoms with Gasteiger partial charge in [0.2, 0.25) is 0 Å². The van der Waals surface area contributed by atoms with E-state index in [1.807, 2.05) is 24.3 Å². The lowest BCUT2D eigenvalue weighted by atomic mass is 10.0. The van der Waals surface area contributed by atoms with Crippen molar-refractivity contribution in [1.29, 1.82) is 5.26 Å². The highest BCUT2D eigenvalue weighted by molar-refractivity contribution is 6.09. The standard InChI is InChI=1S/C22H16N2O3/c23-14-16-6-10-19(11-7-16)24-21(25)15-27-20-12-8-18(9-13-20)22(26)17-4-2-1-3-5-17/h1-13H,15H2,(H,24,25). The summed E-state index contributed by atoms with van der Waals surface area (Å²) in [6.07, 6.45) is 0. The van der Waals surface area contributed by atoms with Crippen LogP contribution in [0.4, 0.5) is 5.69 Å². The van der Waals surface area contributed by atoms with Gasteiger partial charge in [-0.1, -0.05) is 30.3 Å². The van der Waals surface area contributed by atoms with Gasteiger partial charge in [0.15, 0.2) is 12.4 Å². The van der Waals surface area contributed by atoms with E-state index in [2.05, 4.69) is 5.32 Å². The van der Waals surface area contributed by atoms with E-state index < -0.39 is 0 Å². The average molecular weight is 356 g/mol. The first kappa shape index (κ1) is 17.9. The van der Waals surface area contributed by atoms with E-state index >= 15 is 0 Å². The van der Waals surface area contributed by atoms with Crippen LogP contribution in [0.3, 0.4) is 0 Å². The molecule has 3 aromatic carbocycles. The number of rotatable bonds is 6. The molecule has 5 heteroatoms. The zero-order valence-electron chi connectivity index (χ0n) is 14.4. The highest BCUT2D eigenvalue weighted by atomic mass is 16.5. The molecule has 3 rings (SSSR count). The first-order chi connectivity index (χ1) is 13.2. The van der Waals surface area contributed by atoms with Crippen LogP contribution in [0.25, 0.3) is 0 Å². The lowest BCUT2D eigenvalue weighted by Gasteiger charge is -2.08. The van der Waals surface area contributed by atoms with Crippen molar-refractivity contribution in [2.24, 2.45) is 0 Å². The second kappa shape index (κ2) is 8.45. The summed E-state index contributed by atoms with van der Waals surface area (Å²) < 4.78 is 5.45. The maximum Gasteiger partial charge on any atom is 0.262 e. The Morgan fingerprint density at radius 2 is 1.48 bits per heavy atom. The van der Waals surface area contributed by atoms with Gasteiger partial charge in [-0.3, -0.25) is 9.59 Å². The third-order valence-corrected chi connectivity index (χ3v) is 3.82. The third-order valence-electron chi connectivity index (χ3n) is 3.82. The van der Waals surface area contributed by atoms with Crippen LogP contribution in [-0.2, 0) is 4.79 Å². The Morgan fingerprint density at radius 1 is 0.852 bits per heavy atom. The van der Waals surface area contributed by atoms with E-state index in [4.69, 9.17) is 10.00 Å². The second-order valence-corrected chi connectivity index (χ2v) is 5.75. The van der Waals surface area contributed by atoms with Gasteiger partial charge in [0, 0.05) is 16.8 Å². The molecule has 0 fully saturated rings. The molecule has 0 heterocycles. The quantitative estimate of drug-likeness (QED) is 0.681. The summed E-state index contributed by atoms with van der Waals surface area (Å²) in [4.78, 5) is 24.3. The van der Waals surface area contributed by atoms with E-state index in [-0.39, 0.29) is 18.3 Å². The van der Waals surface area contributed by atoms with Crippen LogP contribution in [0, 0.1) is 11.3 Å². The fourth-order valence-electron chi connectivity index (χ4n) is 2.43. The van der Waals surface area contributed by atoms with Crippen LogP contribution in [0.2, 0.25) is 0 Å². The van der Waals surface area contributed by atoms with Crippen molar-refractivity contribution in [3.8, 4) is 11.8 Å². The summed E-state index contributed by atoms with van der Waals surface area (Å²) in [6, 6.07) is 24.2. The molecule has 1 amide bonds. The number of nitriles is 1. The largest absolute Gasteiger partial charge is 0.484 e. The Hall–Kier alpha value is -3.91. The molecule has 0 aromatic heterocycles.